The van der Waals surface area contributed by atoms with Crippen LogP contribution in [0, 0.1) is 0 Å². The molecule has 0 saturated heterocycles. The highest BCUT2D eigenvalue weighted by molar-refractivity contribution is 6.42. The minimum absolute atomic E-state index is 0.0307. The first-order chi connectivity index (χ1) is 33.1. The molecule has 0 aliphatic heterocycles. The topological polar surface area (TPSA) is 162 Å². The van der Waals surface area contributed by atoms with Gasteiger partial charge in [-0.2, -0.15) is 5.10 Å². The monoisotopic (exact) mass is 993 g/mol. The molecule has 5 rings (SSSR count). The zero-order valence-corrected chi connectivity index (χ0v) is 41.5. The number of hydrazone groups is 1. The summed E-state index contributed by atoms with van der Waals surface area (Å²) >= 11 is 18.7. The number of nitrogens with two attached hydrogens (primary N) is 1. The molecule has 0 spiro atoms. The number of amides is 2. The number of anilines is 1. The van der Waals surface area contributed by atoms with Gasteiger partial charge in [-0.05, 0) is 123 Å². The number of halogens is 3. The number of ether oxygens (including phenoxy) is 5. The SMILES string of the molecule is CNc1ccc(OCCOCCN=C/C(CCOCCOCCN(C)CCCCOc2ccc(CCC(=O)N(C3CC3)C(C(=O)NCc3ccc(Cl)cc3)c3ccc(Cl)c(Cl)c3)cc2)=N\N)cc1. The van der Waals surface area contributed by atoms with Crippen LogP contribution < -0.4 is 25.9 Å². The van der Waals surface area contributed by atoms with E-state index >= 15 is 0 Å². The van der Waals surface area contributed by atoms with Gasteiger partial charge in [0.25, 0.3) is 0 Å². The minimum atomic E-state index is -0.856. The molecule has 1 aliphatic rings. The molecule has 0 bridgehead atoms. The van der Waals surface area contributed by atoms with E-state index in [4.69, 9.17) is 64.3 Å². The van der Waals surface area contributed by atoms with Crippen LogP contribution in [0.15, 0.2) is 101 Å². The van der Waals surface area contributed by atoms with E-state index in [1.54, 1.807) is 41.4 Å². The number of hydrogen-bond acceptors (Lipinski definition) is 12. The van der Waals surface area contributed by atoms with Crippen LogP contribution in [-0.2, 0) is 36.8 Å². The van der Waals surface area contributed by atoms with Gasteiger partial charge in [0, 0.05) is 55.9 Å². The van der Waals surface area contributed by atoms with Crippen molar-refractivity contribution >= 4 is 64.2 Å². The van der Waals surface area contributed by atoms with Gasteiger partial charge in [-0.3, -0.25) is 14.6 Å². The van der Waals surface area contributed by atoms with Crippen molar-refractivity contribution in [1.82, 2.24) is 15.1 Å². The van der Waals surface area contributed by atoms with Gasteiger partial charge in [-0.1, -0.05) is 65.1 Å². The maximum absolute atomic E-state index is 14.0. The van der Waals surface area contributed by atoms with Crippen LogP contribution >= 0.6 is 34.8 Å². The fraction of sp³-hybridized carbons (Fsp3) is 0.451. The lowest BCUT2D eigenvalue weighted by Gasteiger charge is -2.32. The van der Waals surface area contributed by atoms with Gasteiger partial charge in [0.05, 0.1) is 68.5 Å². The third-order valence-corrected chi connectivity index (χ3v) is 12.0. The molecule has 368 valence electrons. The van der Waals surface area contributed by atoms with Gasteiger partial charge in [0.1, 0.15) is 24.1 Å². The van der Waals surface area contributed by atoms with Crippen molar-refractivity contribution in [3.63, 3.8) is 0 Å². The van der Waals surface area contributed by atoms with Crippen molar-refractivity contribution in [2.24, 2.45) is 15.9 Å². The first kappa shape index (κ1) is 54.0. The highest BCUT2D eigenvalue weighted by atomic mass is 35.5. The molecule has 4 N–H and O–H groups in total. The average Bonchev–Trinajstić information content (AvgIpc) is 4.20. The molecule has 17 heteroatoms. The lowest BCUT2D eigenvalue weighted by molar-refractivity contribution is -0.141. The number of carbonyl (C=O) groups excluding carboxylic acids is 2. The van der Waals surface area contributed by atoms with E-state index in [9.17, 15) is 9.59 Å². The van der Waals surface area contributed by atoms with Crippen LogP contribution in [-0.4, -0.2) is 126 Å². The molecule has 14 nitrogen and oxygen atoms in total. The van der Waals surface area contributed by atoms with E-state index in [0.717, 1.165) is 67.1 Å². The first-order valence-electron chi connectivity index (χ1n) is 23.2. The minimum Gasteiger partial charge on any atom is -0.494 e. The maximum atomic E-state index is 14.0. The van der Waals surface area contributed by atoms with Gasteiger partial charge in [-0.15, -0.1) is 0 Å². The van der Waals surface area contributed by atoms with E-state index in [0.29, 0.717) is 98.6 Å². The number of aliphatic imine (C=N–C) groups is 1. The van der Waals surface area contributed by atoms with Crippen LogP contribution in [0.25, 0.3) is 0 Å². The first-order valence-corrected chi connectivity index (χ1v) is 24.4. The molecular weight excluding hydrogens is 929 g/mol. The third-order valence-electron chi connectivity index (χ3n) is 11.1. The lowest BCUT2D eigenvalue weighted by atomic mass is 10.0. The zero-order chi connectivity index (χ0) is 48.4. The molecule has 1 unspecified atom stereocenters. The van der Waals surface area contributed by atoms with Gasteiger partial charge in [0.15, 0.2) is 0 Å². The predicted molar refractivity (Wildman–Crippen MR) is 273 cm³/mol. The summed E-state index contributed by atoms with van der Waals surface area (Å²) in [5.41, 5.74) is 4.21. The molecule has 1 fully saturated rings. The second-order valence-electron chi connectivity index (χ2n) is 16.3. The third kappa shape index (κ3) is 20.0. The summed E-state index contributed by atoms with van der Waals surface area (Å²) in [6.07, 6.45) is 6.56. The molecule has 4 aromatic carbocycles. The summed E-state index contributed by atoms with van der Waals surface area (Å²) in [5, 5.41) is 11.2. The van der Waals surface area contributed by atoms with E-state index in [1.807, 2.05) is 67.7 Å². The number of nitrogens with zero attached hydrogens (tertiary/aromatic N) is 4. The maximum Gasteiger partial charge on any atom is 0.247 e. The fourth-order valence-electron chi connectivity index (χ4n) is 7.05. The van der Waals surface area contributed by atoms with Crippen LogP contribution in [0.3, 0.4) is 0 Å². The Balaban J connectivity index is 0.890. The summed E-state index contributed by atoms with van der Waals surface area (Å²) < 4.78 is 28.7. The number of rotatable bonds is 33. The Kier molecular flexibility index (Phi) is 24.3. The highest BCUT2D eigenvalue weighted by Crippen LogP contribution is 2.37. The zero-order valence-electron chi connectivity index (χ0n) is 39.2. The second kappa shape index (κ2) is 30.5. The van der Waals surface area contributed by atoms with Crippen molar-refractivity contribution in [3.8, 4) is 11.5 Å². The Morgan fingerprint density at radius 3 is 2.10 bits per heavy atom. The van der Waals surface area contributed by atoms with Gasteiger partial charge >= 0.3 is 0 Å². The fourth-order valence-corrected chi connectivity index (χ4v) is 7.48. The largest absolute Gasteiger partial charge is 0.494 e. The van der Waals surface area contributed by atoms with E-state index in [-0.39, 0.29) is 30.8 Å². The van der Waals surface area contributed by atoms with Crippen LogP contribution in [0.1, 0.15) is 61.3 Å². The standard InChI is InChI=1S/C51H66Cl3N7O7/c1-56-42-13-19-46(20-14-42)68-34-33-65-29-24-57-37-43(59-55)23-28-64-31-32-66-30-26-60(2)25-3-4-27-67-45-17-7-38(8-18-45)9-22-49(62)61(44-15-16-44)50(40-10-21-47(53)48(54)35-40)51(63)58-36-39-5-11-41(52)12-6-39/h5-8,10-14,17-21,35,37,44,50,56H,3-4,9,15-16,22-34,36,55H2,1-2H3,(H,58,63)/b57-37?,59-43-. The molecule has 4 aromatic rings. The lowest BCUT2D eigenvalue weighted by Crippen LogP contribution is -2.45. The number of carbonyl (C=O) groups is 2. The van der Waals surface area contributed by atoms with Crippen molar-refractivity contribution in [3.05, 3.63) is 123 Å². The molecule has 0 aromatic heterocycles. The molecule has 1 atom stereocenters. The normalized spacial score (nSPS) is 13.2. The Labute approximate surface area is 416 Å². The molecular formula is C51H66Cl3N7O7. The van der Waals surface area contributed by atoms with Crippen molar-refractivity contribution in [2.75, 3.05) is 91.9 Å². The quantitative estimate of drug-likeness (QED) is 0.0182. The molecule has 1 saturated carbocycles. The van der Waals surface area contributed by atoms with Crippen molar-refractivity contribution in [2.45, 2.75) is 63.6 Å². The number of likely N-dealkylation sites (N-methyl/N-ethyl adjacent to an activating group) is 1. The Hall–Kier alpha value is -4.93. The Morgan fingerprint density at radius 2 is 1.41 bits per heavy atom. The average molecular weight is 995 g/mol. The van der Waals surface area contributed by atoms with Crippen LogP contribution in [0.4, 0.5) is 5.69 Å². The molecule has 1 aliphatic carbocycles. The van der Waals surface area contributed by atoms with Crippen LogP contribution in [0.2, 0.25) is 15.1 Å². The summed E-state index contributed by atoms with van der Waals surface area (Å²) in [7, 11) is 3.96. The predicted octanol–water partition coefficient (Wildman–Crippen LogP) is 8.67. The second-order valence-corrected chi connectivity index (χ2v) is 17.6. The molecule has 0 radical (unpaired) electrons. The number of hydrogen-bond donors (Lipinski definition) is 3. The van der Waals surface area contributed by atoms with Gasteiger partial charge in [0.2, 0.25) is 11.8 Å². The van der Waals surface area contributed by atoms with Crippen molar-refractivity contribution < 1.29 is 33.3 Å². The summed E-state index contributed by atoms with van der Waals surface area (Å²) in [5.74, 6) is 6.73. The van der Waals surface area contributed by atoms with E-state index in [2.05, 4.69) is 32.7 Å². The summed E-state index contributed by atoms with van der Waals surface area (Å²) in [6.45, 7) is 6.64. The Morgan fingerprint density at radius 1 is 0.750 bits per heavy atom. The highest BCUT2D eigenvalue weighted by Gasteiger charge is 2.41. The van der Waals surface area contributed by atoms with Crippen LogP contribution in [0.5, 0.6) is 11.5 Å². The van der Waals surface area contributed by atoms with E-state index < -0.39 is 6.04 Å². The summed E-state index contributed by atoms with van der Waals surface area (Å²) in [6, 6.07) is 27.1. The molecule has 68 heavy (non-hydrogen) atoms. The number of unbranched alkanes of at least 4 members (excludes halogenated alkanes) is 1. The van der Waals surface area contributed by atoms with E-state index in [1.165, 1.54) is 0 Å². The molecule has 2 amide bonds. The number of aryl methyl sites for hydroxylation is 1. The Bertz CT molecular complexity index is 2160. The number of benzene rings is 4. The number of nitrogens with one attached hydrogen (secondary N) is 2. The summed E-state index contributed by atoms with van der Waals surface area (Å²) in [4.78, 5) is 36.1. The smallest absolute Gasteiger partial charge is 0.247 e. The van der Waals surface area contributed by atoms with Gasteiger partial charge in [-0.25, -0.2) is 0 Å². The molecule has 0 heterocycles. The van der Waals surface area contributed by atoms with Gasteiger partial charge < -0.3 is 50.0 Å². The van der Waals surface area contributed by atoms with Crippen molar-refractivity contribution in [1.29, 1.82) is 0 Å².